The summed E-state index contributed by atoms with van der Waals surface area (Å²) in [5.74, 6) is 0.687. The maximum absolute atomic E-state index is 13.2. The molecule has 1 atom stereocenters. The first kappa shape index (κ1) is 20.0. The third kappa shape index (κ3) is 3.00. The number of fused-ring (bicyclic) bond motifs is 4. The van der Waals surface area contributed by atoms with Crippen LogP contribution in [0.3, 0.4) is 0 Å². The average molecular weight is 442 g/mol. The van der Waals surface area contributed by atoms with E-state index in [2.05, 4.69) is 15.0 Å². The summed E-state index contributed by atoms with van der Waals surface area (Å²) >= 11 is 0. The number of carbonyl (C=O) groups is 1. The van der Waals surface area contributed by atoms with Gasteiger partial charge < -0.3 is 15.4 Å². The Morgan fingerprint density at radius 2 is 2.00 bits per heavy atom. The fraction of sp³-hybridized carbons (Fsp3) is 0.238. The second-order valence-electron chi connectivity index (χ2n) is 7.57. The monoisotopic (exact) mass is 442 g/mol. The number of aromatic nitrogens is 4. The van der Waals surface area contributed by atoms with Gasteiger partial charge in [-0.25, -0.2) is 15.0 Å². The zero-order valence-corrected chi connectivity index (χ0v) is 17.0. The van der Waals surface area contributed by atoms with Gasteiger partial charge in [0.1, 0.15) is 40.7 Å². The quantitative estimate of drug-likeness (QED) is 0.511. The van der Waals surface area contributed by atoms with Gasteiger partial charge in [0.05, 0.1) is 29.5 Å². The molecule has 4 heterocycles. The number of ether oxygens (including phenoxy) is 1. The number of imidazole rings is 1. The molecular formula is C21H17F3N6O2. The van der Waals surface area contributed by atoms with E-state index in [0.717, 1.165) is 12.1 Å². The van der Waals surface area contributed by atoms with Crippen LogP contribution in [0.5, 0.6) is 5.75 Å². The van der Waals surface area contributed by atoms with Crippen molar-refractivity contribution >= 4 is 28.3 Å². The molecule has 3 aromatic heterocycles. The second kappa shape index (κ2) is 6.81. The number of anilines is 1. The SMILES string of the molecule is Cc1ncc2c(N)nc3cnc(C(=O)N(C)[C@@H]4COc5cc(C(F)(F)F)ccc54)cc3n12. The average Bonchev–Trinajstić information content (AvgIpc) is 3.36. The molecule has 2 N–H and O–H groups in total. The molecule has 1 aliphatic rings. The normalized spacial score (nSPS) is 15.7. The number of pyridine rings is 1. The van der Waals surface area contributed by atoms with Crippen molar-refractivity contribution in [2.75, 3.05) is 19.4 Å². The number of hydrogen-bond acceptors (Lipinski definition) is 6. The summed E-state index contributed by atoms with van der Waals surface area (Å²) in [5, 5.41) is 0. The minimum absolute atomic E-state index is 0.0510. The van der Waals surface area contributed by atoms with Crippen LogP contribution < -0.4 is 10.5 Å². The standard InChI is InChI=1S/C21H17F3N6O2/c1-10-26-8-16-19(25)28-14-7-27-13(6-15(14)30(10)16)20(31)29(2)17-9-32-18-5-11(21(22,23)24)3-4-12(17)18/h3-8,17H,9H2,1-2H3,(H2,25,28)/t17-/m1/s1. The molecule has 0 fully saturated rings. The highest BCUT2D eigenvalue weighted by molar-refractivity contribution is 5.96. The Labute approximate surface area is 179 Å². The Morgan fingerprint density at radius 3 is 2.75 bits per heavy atom. The van der Waals surface area contributed by atoms with Crippen molar-refractivity contribution < 1.29 is 22.7 Å². The molecule has 8 nitrogen and oxygen atoms in total. The second-order valence-corrected chi connectivity index (χ2v) is 7.57. The number of likely N-dealkylation sites (N-methyl/N-ethyl adjacent to an activating group) is 1. The first-order valence-electron chi connectivity index (χ1n) is 9.65. The van der Waals surface area contributed by atoms with Crippen LogP contribution >= 0.6 is 0 Å². The molecular weight excluding hydrogens is 425 g/mol. The number of hydrogen-bond donors (Lipinski definition) is 1. The van der Waals surface area contributed by atoms with Gasteiger partial charge in [-0.3, -0.25) is 9.20 Å². The van der Waals surface area contributed by atoms with Gasteiger partial charge in [-0.05, 0) is 25.1 Å². The summed E-state index contributed by atoms with van der Waals surface area (Å²) in [7, 11) is 1.56. The first-order chi connectivity index (χ1) is 15.1. The fourth-order valence-electron chi connectivity index (χ4n) is 3.95. The van der Waals surface area contributed by atoms with E-state index in [1.165, 1.54) is 17.2 Å². The van der Waals surface area contributed by atoms with Crippen molar-refractivity contribution in [1.29, 1.82) is 0 Å². The number of carbonyl (C=O) groups excluding carboxylic acids is 1. The van der Waals surface area contributed by atoms with Crippen molar-refractivity contribution in [3.63, 3.8) is 0 Å². The zero-order valence-electron chi connectivity index (χ0n) is 17.0. The highest BCUT2D eigenvalue weighted by Crippen LogP contribution is 2.40. The number of aryl methyl sites for hydroxylation is 1. The molecule has 0 saturated heterocycles. The van der Waals surface area contributed by atoms with Gasteiger partial charge in [0.25, 0.3) is 5.91 Å². The molecule has 5 rings (SSSR count). The molecule has 1 aromatic carbocycles. The predicted octanol–water partition coefficient (Wildman–Crippen LogP) is 3.39. The van der Waals surface area contributed by atoms with Crippen molar-refractivity contribution in [3.05, 3.63) is 59.3 Å². The minimum atomic E-state index is -4.47. The summed E-state index contributed by atoms with van der Waals surface area (Å²) in [4.78, 5) is 27.4. The lowest BCUT2D eigenvalue weighted by molar-refractivity contribution is -0.137. The summed E-state index contributed by atoms with van der Waals surface area (Å²) in [6.07, 6.45) is -1.41. The molecule has 1 aliphatic heterocycles. The number of rotatable bonds is 2. The van der Waals surface area contributed by atoms with Gasteiger partial charge in [0.2, 0.25) is 0 Å². The topological polar surface area (TPSA) is 98.6 Å². The van der Waals surface area contributed by atoms with E-state index in [1.807, 2.05) is 6.92 Å². The van der Waals surface area contributed by atoms with Gasteiger partial charge in [-0.2, -0.15) is 13.2 Å². The van der Waals surface area contributed by atoms with E-state index in [-0.39, 0.29) is 18.1 Å². The van der Waals surface area contributed by atoms with Crippen LogP contribution in [0.4, 0.5) is 19.0 Å². The number of halogens is 3. The lowest BCUT2D eigenvalue weighted by atomic mass is 10.0. The van der Waals surface area contributed by atoms with Gasteiger partial charge in [-0.1, -0.05) is 6.07 Å². The van der Waals surface area contributed by atoms with Gasteiger partial charge in [0, 0.05) is 12.6 Å². The maximum Gasteiger partial charge on any atom is 0.416 e. The highest BCUT2D eigenvalue weighted by atomic mass is 19.4. The summed E-state index contributed by atoms with van der Waals surface area (Å²) in [6, 6.07) is 4.35. The lowest BCUT2D eigenvalue weighted by Gasteiger charge is -2.23. The van der Waals surface area contributed by atoms with E-state index in [1.54, 1.807) is 23.7 Å². The first-order valence-corrected chi connectivity index (χ1v) is 9.65. The fourth-order valence-corrected chi connectivity index (χ4v) is 3.95. The lowest BCUT2D eigenvalue weighted by Crippen LogP contribution is -2.32. The Balaban J connectivity index is 1.51. The molecule has 0 bridgehead atoms. The van der Waals surface area contributed by atoms with Crippen molar-refractivity contribution in [2.45, 2.75) is 19.1 Å². The van der Waals surface area contributed by atoms with Gasteiger partial charge >= 0.3 is 6.18 Å². The van der Waals surface area contributed by atoms with E-state index in [4.69, 9.17) is 10.5 Å². The van der Waals surface area contributed by atoms with E-state index in [9.17, 15) is 18.0 Å². The smallest absolute Gasteiger partial charge is 0.416 e. The molecule has 0 aliphatic carbocycles. The number of benzene rings is 1. The Bertz CT molecular complexity index is 1400. The largest absolute Gasteiger partial charge is 0.491 e. The van der Waals surface area contributed by atoms with Crippen LogP contribution in [0.15, 0.2) is 36.7 Å². The third-order valence-corrected chi connectivity index (χ3v) is 5.65. The number of nitrogen functional groups attached to an aromatic ring is 1. The van der Waals surface area contributed by atoms with Crippen molar-refractivity contribution in [2.24, 2.45) is 0 Å². The van der Waals surface area contributed by atoms with Crippen LogP contribution in [0.25, 0.3) is 16.6 Å². The molecule has 32 heavy (non-hydrogen) atoms. The number of amides is 1. The van der Waals surface area contributed by atoms with E-state index < -0.39 is 23.7 Å². The van der Waals surface area contributed by atoms with Crippen LogP contribution in [0.1, 0.15) is 33.5 Å². The number of alkyl halides is 3. The van der Waals surface area contributed by atoms with E-state index in [0.29, 0.717) is 33.8 Å². The van der Waals surface area contributed by atoms with Crippen LogP contribution in [0.2, 0.25) is 0 Å². The third-order valence-electron chi connectivity index (χ3n) is 5.65. The molecule has 0 saturated carbocycles. The Morgan fingerprint density at radius 1 is 1.22 bits per heavy atom. The Hall–Kier alpha value is -3.89. The molecule has 164 valence electrons. The van der Waals surface area contributed by atoms with E-state index >= 15 is 0 Å². The van der Waals surface area contributed by atoms with Crippen LogP contribution in [-0.2, 0) is 6.18 Å². The minimum Gasteiger partial charge on any atom is -0.491 e. The van der Waals surface area contributed by atoms with Gasteiger partial charge in [-0.15, -0.1) is 0 Å². The van der Waals surface area contributed by atoms with Crippen LogP contribution in [-0.4, -0.2) is 43.8 Å². The molecule has 1 amide bonds. The zero-order chi connectivity index (χ0) is 22.8. The summed E-state index contributed by atoms with van der Waals surface area (Å²) in [6.45, 7) is 1.86. The molecule has 0 unspecified atom stereocenters. The van der Waals surface area contributed by atoms with Gasteiger partial charge in [0.15, 0.2) is 0 Å². The van der Waals surface area contributed by atoms with Crippen LogP contribution in [0, 0.1) is 6.92 Å². The summed E-state index contributed by atoms with van der Waals surface area (Å²) in [5.41, 5.74) is 7.60. The Kier molecular flexibility index (Phi) is 4.26. The number of nitrogens with two attached hydrogens (primary N) is 1. The molecule has 0 spiro atoms. The predicted molar refractivity (Wildman–Crippen MR) is 109 cm³/mol. The molecule has 4 aromatic rings. The summed E-state index contributed by atoms with van der Waals surface area (Å²) < 4.78 is 46.2. The van der Waals surface area contributed by atoms with Crippen molar-refractivity contribution in [1.82, 2.24) is 24.3 Å². The van der Waals surface area contributed by atoms with Crippen molar-refractivity contribution in [3.8, 4) is 5.75 Å². The maximum atomic E-state index is 13.2. The molecule has 11 heteroatoms. The molecule has 0 radical (unpaired) electrons. The highest BCUT2D eigenvalue weighted by Gasteiger charge is 2.36. The number of nitrogens with zero attached hydrogens (tertiary/aromatic N) is 5.